The van der Waals surface area contributed by atoms with Crippen LogP contribution in [0.25, 0.3) is 11.1 Å². The van der Waals surface area contributed by atoms with Gasteiger partial charge in [-0.1, -0.05) is 70.4 Å². The Morgan fingerprint density at radius 3 is 2.12 bits per heavy atom. The average Bonchev–Trinajstić information content (AvgIpc) is 2.64. The lowest BCUT2D eigenvalue weighted by Gasteiger charge is -2.08. The molecule has 0 spiro atoms. The van der Waals surface area contributed by atoms with Crippen LogP contribution in [0.1, 0.15) is 64.7 Å². The fourth-order valence-electron chi connectivity index (χ4n) is 2.91. The highest BCUT2D eigenvalue weighted by Gasteiger charge is 2.00. The second-order valence-corrected chi connectivity index (χ2v) is 6.44. The Morgan fingerprint density at radius 1 is 0.750 bits per heavy atom. The van der Waals surface area contributed by atoms with E-state index >= 15 is 0 Å². The van der Waals surface area contributed by atoms with Crippen LogP contribution in [-0.4, -0.2) is 11.6 Å². The van der Waals surface area contributed by atoms with E-state index in [2.05, 4.69) is 30.1 Å². The molecule has 0 atom stereocenters. The molecule has 2 heteroatoms. The molecule has 2 rings (SSSR count). The van der Waals surface area contributed by atoms with Gasteiger partial charge in [0.25, 0.3) is 0 Å². The number of unbranched alkanes of at least 4 members (excludes halogenated alkanes) is 8. The van der Waals surface area contributed by atoms with E-state index in [0.717, 1.165) is 18.8 Å². The fourth-order valence-corrected chi connectivity index (χ4v) is 2.91. The molecule has 0 fully saturated rings. The molecule has 24 heavy (non-hydrogen) atoms. The number of ether oxygens (including phenoxy) is 1. The fraction of sp³-hybridized carbons (Fsp3) is 0.500. The molecule has 1 aromatic heterocycles. The first-order chi connectivity index (χ1) is 11.9. The van der Waals surface area contributed by atoms with Gasteiger partial charge in [0.15, 0.2) is 0 Å². The minimum absolute atomic E-state index is 0.815. The highest BCUT2D eigenvalue weighted by atomic mass is 16.5. The maximum Gasteiger partial charge on any atom is 0.119 e. The third-order valence-electron chi connectivity index (χ3n) is 4.36. The van der Waals surface area contributed by atoms with Crippen LogP contribution >= 0.6 is 0 Å². The van der Waals surface area contributed by atoms with Gasteiger partial charge in [-0.05, 0) is 41.8 Å². The number of hydrogen-bond donors (Lipinski definition) is 0. The quantitative estimate of drug-likeness (QED) is 0.407. The van der Waals surface area contributed by atoms with Gasteiger partial charge in [-0.3, -0.25) is 4.98 Å². The maximum atomic E-state index is 5.91. The predicted octanol–water partition coefficient (Wildman–Crippen LogP) is 6.66. The topological polar surface area (TPSA) is 22.1 Å². The number of hydrogen-bond acceptors (Lipinski definition) is 2. The lowest BCUT2D eigenvalue weighted by atomic mass is 10.1. The van der Waals surface area contributed by atoms with Crippen molar-refractivity contribution < 1.29 is 4.74 Å². The largest absolute Gasteiger partial charge is 0.494 e. The standard InChI is InChI=1S/C22H31NO/c1-2-3-4-5-6-7-8-9-10-18-24-22-13-11-12-21(19-22)20-14-16-23-17-15-20/h11-17,19H,2-10,18H2,1H3. The average molecular weight is 325 g/mol. The molecule has 0 aliphatic heterocycles. The summed E-state index contributed by atoms with van der Waals surface area (Å²) < 4.78 is 5.91. The molecule has 1 aromatic carbocycles. The highest BCUT2D eigenvalue weighted by molar-refractivity contribution is 5.64. The Labute approximate surface area is 147 Å². The van der Waals surface area contributed by atoms with E-state index < -0.39 is 0 Å². The van der Waals surface area contributed by atoms with Gasteiger partial charge in [0, 0.05) is 12.4 Å². The third-order valence-corrected chi connectivity index (χ3v) is 4.36. The van der Waals surface area contributed by atoms with Crippen molar-refractivity contribution in [3.8, 4) is 16.9 Å². The summed E-state index contributed by atoms with van der Waals surface area (Å²) in [6, 6.07) is 12.4. The number of nitrogens with zero attached hydrogens (tertiary/aromatic N) is 1. The molecule has 0 N–H and O–H groups in total. The molecule has 0 saturated carbocycles. The summed E-state index contributed by atoms with van der Waals surface area (Å²) in [6.45, 7) is 3.09. The molecule has 0 saturated heterocycles. The van der Waals surface area contributed by atoms with Crippen molar-refractivity contribution in [3.63, 3.8) is 0 Å². The molecule has 0 aliphatic carbocycles. The van der Waals surface area contributed by atoms with Gasteiger partial charge in [-0.15, -0.1) is 0 Å². The van der Waals surface area contributed by atoms with Crippen molar-refractivity contribution in [2.24, 2.45) is 0 Å². The van der Waals surface area contributed by atoms with Crippen LogP contribution in [0.15, 0.2) is 48.8 Å². The van der Waals surface area contributed by atoms with Gasteiger partial charge in [-0.2, -0.15) is 0 Å². The zero-order valence-electron chi connectivity index (χ0n) is 15.0. The summed E-state index contributed by atoms with van der Waals surface area (Å²) in [6.07, 6.45) is 15.7. The van der Waals surface area contributed by atoms with Gasteiger partial charge >= 0.3 is 0 Å². The summed E-state index contributed by atoms with van der Waals surface area (Å²) in [4.78, 5) is 4.07. The zero-order valence-corrected chi connectivity index (χ0v) is 15.0. The Hall–Kier alpha value is -1.83. The molecule has 2 nitrogen and oxygen atoms in total. The van der Waals surface area contributed by atoms with Gasteiger partial charge in [0.05, 0.1) is 6.61 Å². The first-order valence-electron chi connectivity index (χ1n) is 9.53. The third kappa shape index (κ3) is 7.16. The summed E-state index contributed by atoms with van der Waals surface area (Å²) in [7, 11) is 0. The van der Waals surface area contributed by atoms with Crippen LogP contribution in [0.4, 0.5) is 0 Å². The molecule has 130 valence electrons. The molecule has 0 unspecified atom stereocenters. The van der Waals surface area contributed by atoms with Crippen molar-refractivity contribution in [1.82, 2.24) is 4.98 Å². The molecule has 0 aliphatic rings. The smallest absolute Gasteiger partial charge is 0.119 e. The molecule has 1 heterocycles. The summed E-state index contributed by atoms with van der Waals surface area (Å²) in [5.74, 6) is 0.962. The van der Waals surface area contributed by atoms with E-state index in [-0.39, 0.29) is 0 Å². The van der Waals surface area contributed by atoms with Crippen molar-refractivity contribution in [2.75, 3.05) is 6.61 Å². The van der Waals surface area contributed by atoms with Crippen LogP contribution < -0.4 is 4.74 Å². The summed E-state index contributed by atoms with van der Waals surface area (Å²) >= 11 is 0. The van der Waals surface area contributed by atoms with Crippen LogP contribution in [0.3, 0.4) is 0 Å². The second-order valence-electron chi connectivity index (χ2n) is 6.44. The monoisotopic (exact) mass is 325 g/mol. The molecule has 2 aromatic rings. The molecular weight excluding hydrogens is 294 g/mol. The number of benzene rings is 1. The van der Waals surface area contributed by atoms with Crippen molar-refractivity contribution in [3.05, 3.63) is 48.8 Å². The molecule has 0 radical (unpaired) electrons. The van der Waals surface area contributed by atoms with E-state index in [9.17, 15) is 0 Å². The minimum atomic E-state index is 0.815. The molecule has 0 amide bonds. The Morgan fingerprint density at radius 2 is 1.42 bits per heavy atom. The van der Waals surface area contributed by atoms with E-state index in [1.165, 1.54) is 62.5 Å². The predicted molar refractivity (Wildman–Crippen MR) is 102 cm³/mol. The Bertz CT molecular complexity index is 553. The number of aromatic nitrogens is 1. The van der Waals surface area contributed by atoms with Crippen LogP contribution in [-0.2, 0) is 0 Å². The van der Waals surface area contributed by atoms with Crippen molar-refractivity contribution in [2.45, 2.75) is 64.7 Å². The molecule has 0 bridgehead atoms. The SMILES string of the molecule is CCCCCCCCCCCOc1cccc(-c2ccncc2)c1. The van der Waals surface area contributed by atoms with E-state index in [1.54, 1.807) is 0 Å². The van der Waals surface area contributed by atoms with E-state index in [4.69, 9.17) is 4.74 Å². The van der Waals surface area contributed by atoms with Gasteiger partial charge in [0.1, 0.15) is 5.75 Å². The number of rotatable bonds is 12. The lowest BCUT2D eigenvalue weighted by molar-refractivity contribution is 0.304. The van der Waals surface area contributed by atoms with Crippen molar-refractivity contribution in [1.29, 1.82) is 0 Å². The van der Waals surface area contributed by atoms with Crippen molar-refractivity contribution >= 4 is 0 Å². The zero-order chi connectivity index (χ0) is 16.9. The van der Waals surface area contributed by atoms with Crippen LogP contribution in [0.2, 0.25) is 0 Å². The molecular formula is C22H31NO. The van der Waals surface area contributed by atoms with Gasteiger partial charge in [0.2, 0.25) is 0 Å². The van der Waals surface area contributed by atoms with Gasteiger partial charge in [-0.25, -0.2) is 0 Å². The first kappa shape index (κ1) is 18.5. The second kappa shape index (κ2) is 11.7. The number of pyridine rings is 1. The summed E-state index contributed by atoms with van der Waals surface area (Å²) in [5, 5.41) is 0. The van der Waals surface area contributed by atoms with Gasteiger partial charge < -0.3 is 4.74 Å². The maximum absolute atomic E-state index is 5.91. The normalized spacial score (nSPS) is 10.7. The highest BCUT2D eigenvalue weighted by Crippen LogP contribution is 2.23. The minimum Gasteiger partial charge on any atom is -0.494 e. The summed E-state index contributed by atoms with van der Waals surface area (Å²) in [5.41, 5.74) is 2.36. The van der Waals surface area contributed by atoms with E-state index in [0.29, 0.717) is 0 Å². The Balaban J connectivity index is 1.60. The first-order valence-corrected chi connectivity index (χ1v) is 9.53. The lowest BCUT2D eigenvalue weighted by Crippen LogP contribution is -1.97. The Kier molecular flexibility index (Phi) is 9.00. The van der Waals surface area contributed by atoms with E-state index in [1.807, 2.05) is 30.6 Å². The van der Waals surface area contributed by atoms with Crippen LogP contribution in [0.5, 0.6) is 5.75 Å². The van der Waals surface area contributed by atoms with Crippen LogP contribution in [0, 0.1) is 0 Å².